The highest BCUT2D eigenvalue weighted by Gasteiger charge is 2.22. The number of hydrogen-bond acceptors (Lipinski definition) is 3. The second-order valence-corrected chi connectivity index (χ2v) is 4.94. The van der Waals surface area contributed by atoms with E-state index in [1.807, 2.05) is 6.92 Å². The lowest BCUT2D eigenvalue weighted by Gasteiger charge is -2.17. The summed E-state index contributed by atoms with van der Waals surface area (Å²) in [7, 11) is 0. The fraction of sp³-hybridized carbons (Fsp3) is 0.571. The Balaban J connectivity index is 1.74. The number of ether oxygens (including phenoxy) is 1. The summed E-state index contributed by atoms with van der Waals surface area (Å²) < 4.78 is 5.77. The summed E-state index contributed by atoms with van der Waals surface area (Å²) in [6.07, 6.45) is 1.49. The Hall–Kier alpha value is -0.900. The first-order valence-electron chi connectivity index (χ1n) is 6.37. The molecule has 2 rings (SSSR count). The molecule has 0 bridgehead atoms. The minimum atomic E-state index is 0.137. The van der Waals surface area contributed by atoms with Crippen molar-refractivity contribution in [2.45, 2.75) is 32.0 Å². The quantitative estimate of drug-likeness (QED) is 0.841. The molecule has 1 aliphatic heterocycles. The maximum Gasteiger partial charge on any atom is 0.0715 e. The van der Waals surface area contributed by atoms with Crippen LogP contribution in [0.2, 0.25) is 0 Å². The largest absolute Gasteiger partial charge is 0.375 e. The lowest BCUT2D eigenvalue weighted by Crippen LogP contribution is -2.28. The molecule has 0 spiro atoms. The summed E-state index contributed by atoms with van der Waals surface area (Å²) in [4.78, 5) is 2.45. The van der Waals surface area contributed by atoms with E-state index in [0.717, 1.165) is 26.1 Å². The standard InChI is InChI=1S/C14H22N2O/c1-12(15)11-17-14-7-8-16(10-14)9-13-5-3-2-4-6-13/h2-6,12,14H,7-11,15H2,1H3. The van der Waals surface area contributed by atoms with Gasteiger partial charge in [0.1, 0.15) is 0 Å². The summed E-state index contributed by atoms with van der Waals surface area (Å²) in [6.45, 7) is 5.83. The molecule has 2 unspecified atom stereocenters. The van der Waals surface area contributed by atoms with E-state index in [1.54, 1.807) is 0 Å². The van der Waals surface area contributed by atoms with Crippen LogP contribution in [-0.2, 0) is 11.3 Å². The molecule has 1 saturated heterocycles. The highest BCUT2D eigenvalue weighted by molar-refractivity contribution is 5.14. The number of hydrogen-bond donors (Lipinski definition) is 1. The van der Waals surface area contributed by atoms with Gasteiger partial charge in [-0.25, -0.2) is 0 Å². The van der Waals surface area contributed by atoms with E-state index < -0.39 is 0 Å². The van der Waals surface area contributed by atoms with E-state index in [1.165, 1.54) is 5.56 Å². The molecule has 0 radical (unpaired) electrons. The van der Waals surface area contributed by atoms with E-state index in [0.29, 0.717) is 12.7 Å². The van der Waals surface area contributed by atoms with Crippen LogP contribution in [0.15, 0.2) is 30.3 Å². The summed E-state index contributed by atoms with van der Waals surface area (Å²) in [5.41, 5.74) is 7.07. The smallest absolute Gasteiger partial charge is 0.0715 e. The van der Waals surface area contributed by atoms with Crippen molar-refractivity contribution in [2.24, 2.45) is 5.73 Å². The van der Waals surface area contributed by atoms with Gasteiger partial charge < -0.3 is 10.5 Å². The van der Waals surface area contributed by atoms with Gasteiger partial charge in [0.05, 0.1) is 12.7 Å². The van der Waals surface area contributed by atoms with Crippen molar-refractivity contribution in [3.05, 3.63) is 35.9 Å². The molecule has 0 aliphatic carbocycles. The van der Waals surface area contributed by atoms with Crippen LogP contribution in [0.25, 0.3) is 0 Å². The lowest BCUT2D eigenvalue weighted by atomic mass is 10.2. The molecule has 94 valence electrons. The third-order valence-corrected chi connectivity index (χ3v) is 3.07. The summed E-state index contributed by atoms with van der Waals surface area (Å²) in [5.74, 6) is 0. The molecule has 3 nitrogen and oxygen atoms in total. The predicted molar refractivity (Wildman–Crippen MR) is 69.7 cm³/mol. The second kappa shape index (κ2) is 6.15. The molecule has 0 amide bonds. The van der Waals surface area contributed by atoms with Crippen LogP contribution in [0.4, 0.5) is 0 Å². The number of nitrogens with zero attached hydrogens (tertiary/aromatic N) is 1. The molecule has 0 saturated carbocycles. The molecule has 3 heteroatoms. The van der Waals surface area contributed by atoms with Crippen molar-refractivity contribution >= 4 is 0 Å². The molecule has 1 aliphatic rings. The highest BCUT2D eigenvalue weighted by atomic mass is 16.5. The van der Waals surface area contributed by atoms with Gasteiger partial charge in [-0.3, -0.25) is 4.90 Å². The number of benzene rings is 1. The van der Waals surface area contributed by atoms with Crippen LogP contribution in [0.1, 0.15) is 18.9 Å². The lowest BCUT2D eigenvalue weighted by molar-refractivity contribution is 0.0519. The van der Waals surface area contributed by atoms with Crippen LogP contribution in [0.5, 0.6) is 0 Å². The van der Waals surface area contributed by atoms with E-state index >= 15 is 0 Å². The van der Waals surface area contributed by atoms with Crippen LogP contribution < -0.4 is 5.73 Å². The van der Waals surface area contributed by atoms with Crippen molar-refractivity contribution in [3.63, 3.8) is 0 Å². The van der Waals surface area contributed by atoms with Crippen molar-refractivity contribution in [1.82, 2.24) is 4.90 Å². The van der Waals surface area contributed by atoms with Crippen molar-refractivity contribution in [1.29, 1.82) is 0 Å². The van der Waals surface area contributed by atoms with E-state index in [9.17, 15) is 0 Å². The summed E-state index contributed by atoms with van der Waals surface area (Å²) >= 11 is 0. The zero-order valence-corrected chi connectivity index (χ0v) is 10.5. The van der Waals surface area contributed by atoms with Crippen LogP contribution >= 0.6 is 0 Å². The minimum Gasteiger partial charge on any atom is -0.375 e. The number of likely N-dealkylation sites (tertiary alicyclic amines) is 1. The maximum absolute atomic E-state index is 5.77. The average Bonchev–Trinajstić information content (AvgIpc) is 2.75. The molecule has 1 heterocycles. The Kier molecular flexibility index (Phi) is 4.54. The van der Waals surface area contributed by atoms with Gasteiger partial charge >= 0.3 is 0 Å². The Bertz CT molecular complexity index is 326. The van der Waals surface area contributed by atoms with Crippen molar-refractivity contribution < 1.29 is 4.74 Å². The van der Waals surface area contributed by atoms with Gasteiger partial charge in [-0.05, 0) is 18.9 Å². The molecule has 1 aromatic carbocycles. The third-order valence-electron chi connectivity index (χ3n) is 3.07. The molecular weight excluding hydrogens is 212 g/mol. The molecule has 2 N–H and O–H groups in total. The predicted octanol–water partition coefficient (Wildman–Crippen LogP) is 1.62. The fourth-order valence-corrected chi connectivity index (χ4v) is 2.21. The third kappa shape index (κ3) is 4.11. The Morgan fingerprint density at radius 2 is 2.18 bits per heavy atom. The molecule has 2 atom stereocenters. The van der Waals surface area contributed by atoms with Gasteiger partial charge in [0, 0.05) is 25.7 Å². The van der Waals surface area contributed by atoms with E-state index in [2.05, 4.69) is 35.2 Å². The van der Waals surface area contributed by atoms with Gasteiger partial charge in [-0.1, -0.05) is 30.3 Å². The second-order valence-electron chi connectivity index (χ2n) is 4.94. The van der Waals surface area contributed by atoms with Crippen molar-refractivity contribution in [2.75, 3.05) is 19.7 Å². The van der Waals surface area contributed by atoms with Gasteiger partial charge in [0.15, 0.2) is 0 Å². The Morgan fingerprint density at radius 3 is 2.88 bits per heavy atom. The first-order valence-corrected chi connectivity index (χ1v) is 6.37. The van der Waals surface area contributed by atoms with Crippen LogP contribution in [0, 0.1) is 0 Å². The molecule has 1 aromatic rings. The first kappa shape index (κ1) is 12.6. The van der Waals surface area contributed by atoms with Gasteiger partial charge in [-0.15, -0.1) is 0 Å². The van der Waals surface area contributed by atoms with Gasteiger partial charge in [-0.2, -0.15) is 0 Å². The Morgan fingerprint density at radius 1 is 1.41 bits per heavy atom. The summed E-state index contributed by atoms with van der Waals surface area (Å²) in [5, 5.41) is 0. The maximum atomic E-state index is 5.77. The molecule has 1 fully saturated rings. The topological polar surface area (TPSA) is 38.5 Å². The first-order chi connectivity index (χ1) is 8.24. The fourth-order valence-electron chi connectivity index (χ4n) is 2.21. The van der Waals surface area contributed by atoms with Crippen LogP contribution in [0.3, 0.4) is 0 Å². The zero-order valence-electron chi connectivity index (χ0n) is 10.5. The Labute approximate surface area is 104 Å². The highest BCUT2D eigenvalue weighted by Crippen LogP contribution is 2.15. The molecule has 17 heavy (non-hydrogen) atoms. The van der Waals surface area contributed by atoms with Gasteiger partial charge in [0.2, 0.25) is 0 Å². The molecule has 0 aromatic heterocycles. The molecular formula is C14H22N2O. The van der Waals surface area contributed by atoms with E-state index in [-0.39, 0.29) is 6.04 Å². The summed E-state index contributed by atoms with van der Waals surface area (Å²) in [6, 6.07) is 10.7. The van der Waals surface area contributed by atoms with Crippen molar-refractivity contribution in [3.8, 4) is 0 Å². The monoisotopic (exact) mass is 234 g/mol. The van der Waals surface area contributed by atoms with Crippen LogP contribution in [-0.4, -0.2) is 36.7 Å². The van der Waals surface area contributed by atoms with E-state index in [4.69, 9.17) is 10.5 Å². The number of nitrogens with two attached hydrogens (primary N) is 1. The zero-order chi connectivity index (χ0) is 12.1. The average molecular weight is 234 g/mol. The number of rotatable bonds is 5. The van der Waals surface area contributed by atoms with Gasteiger partial charge in [0.25, 0.3) is 0 Å². The normalized spacial score (nSPS) is 22.8. The SMILES string of the molecule is CC(N)COC1CCN(Cc2ccccc2)C1. The minimum absolute atomic E-state index is 0.137.